The zero-order chi connectivity index (χ0) is 32.6. The molecule has 0 radical (unpaired) electrons. The predicted octanol–water partition coefficient (Wildman–Crippen LogP) is 4.50. The highest BCUT2D eigenvalue weighted by molar-refractivity contribution is 6.67. The van der Waals surface area contributed by atoms with E-state index in [0.29, 0.717) is 19.4 Å². The topological polar surface area (TPSA) is 130 Å². The van der Waals surface area contributed by atoms with Crippen molar-refractivity contribution in [2.75, 3.05) is 13.2 Å². The van der Waals surface area contributed by atoms with Crippen LogP contribution in [0.3, 0.4) is 0 Å². The van der Waals surface area contributed by atoms with Gasteiger partial charge in [0.15, 0.2) is 0 Å². The number of benzene rings is 1. The normalized spacial score (nSPS) is 17.8. The summed E-state index contributed by atoms with van der Waals surface area (Å²) >= 11 is 16.9. The van der Waals surface area contributed by atoms with E-state index in [2.05, 4.69) is 28.0 Å². The highest BCUT2D eigenvalue weighted by Crippen LogP contribution is 2.26. The van der Waals surface area contributed by atoms with Gasteiger partial charge in [0.25, 0.3) is 5.91 Å². The fourth-order valence-electron chi connectivity index (χ4n) is 4.61. The first-order valence-electron chi connectivity index (χ1n) is 14.7. The first-order chi connectivity index (χ1) is 20.7. The fraction of sp³-hybridized carbons (Fsp3) is 0.516. The smallest absolute Gasteiger partial charge is 0.325 e. The number of aromatic nitrogens is 1. The van der Waals surface area contributed by atoms with Crippen molar-refractivity contribution in [3.05, 3.63) is 47.7 Å². The molecule has 10 nitrogen and oxygen atoms in total. The summed E-state index contributed by atoms with van der Waals surface area (Å²) in [6, 6.07) is 7.38. The maximum absolute atomic E-state index is 13.2. The molecule has 44 heavy (non-hydrogen) atoms. The van der Waals surface area contributed by atoms with Gasteiger partial charge in [-0.1, -0.05) is 92.8 Å². The second kappa shape index (κ2) is 15.9. The van der Waals surface area contributed by atoms with Gasteiger partial charge in [0.1, 0.15) is 24.7 Å². The van der Waals surface area contributed by atoms with Crippen molar-refractivity contribution in [2.45, 2.75) is 75.8 Å². The first kappa shape index (κ1) is 35.6. The van der Waals surface area contributed by atoms with E-state index >= 15 is 0 Å². The number of fused-ring (bicyclic) bond motifs is 1. The first-order valence-corrected chi connectivity index (χ1v) is 15.8. The van der Waals surface area contributed by atoms with Gasteiger partial charge in [0.05, 0.1) is 11.4 Å². The molecule has 3 rings (SSSR count). The average molecular weight is 669 g/mol. The zero-order valence-corrected chi connectivity index (χ0v) is 27.8. The number of nitrogens with zero attached hydrogens (tertiary/aromatic N) is 2. The second-order valence-corrected chi connectivity index (χ2v) is 13.8. The van der Waals surface area contributed by atoms with Crippen LogP contribution in [-0.2, 0) is 30.3 Å². The van der Waals surface area contributed by atoms with E-state index in [-0.39, 0.29) is 11.8 Å². The van der Waals surface area contributed by atoms with Crippen molar-refractivity contribution in [1.82, 2.24) is 26.1 Å². The van der Waals surface area contributed by atoms with Crippen molar-refractivity contribution in [3.8, 4) is 0 Å². The van der Waals surface area contributed by atoms with Gasteiger partial charge in [-0.2, -0.15) is 0 Å². The van der Waals surface area contributed by atoms with Crippen molar-refractivity contribution >= 4 is 75.5 Å². The molecule has 1 aliphatic heterocycles. The van der Waals surface area contributed by atoms with Crippen molar-refractivity contribution in [1.29, 1.82) is 0 Å². The minimum atomic E-state index is -1.75. The summed E-state index contributed by atoms with van der Waals surface area (Å²) < 4.78 is 3.28. The monoisotopic (exact) mass is 667 g/mol. The summed E-state index contributed by atoms with van der Waals surface area (Å²) in [6.45, 7) is 8.87. The highest BCUT2D eigenvalue weighted by Gasteiger charge is 2.34. The number of carbonyl (C=O) groups excluding carboxylic acids is 4. The summed E-state index contributed by atoms with van der Waals surface area (Å²) in [5, 5.41) is 7.83. The number of hydrogen-bond donors (Lipinski definition) is 3. The standard InChI is InChI=1S/C31H40Cl3N5O5/c1-6-23-14-13-22-12-11-21(16-25(22)36-23)10-9-19(4)27(40)37-26(18(2)3)28(41)35-20(5)29(42)39-15-7-8-24(38-39)30(43)44-17-31(32,33)34/h9-14,16,18-20,24,26,38H,6-8,15,17H2,1-5H3,(H,35,41)(H,37,40)/b10-9+. The van der Waals surface area contributed by atoms with E-state index in [1.807, 2.05) is 50.3 Å². The molecular formula is C31H40Cl3N5O5. The van der Waals surface area contributed by atoms with Crippen LogP contribution >= 0.6 is 34.8 Å². The molecule has 2 aromatic rings. The zero-order valence-electron chi connectivity index (χ0n) is 25.5. The van der Waals surface area contributed by atoms with Crippen LogP contribution in [0.1, 0.15) is 58.7 Å². The summed E-state index contributed by atoms with van der Waals surface area (Å²) in [5.74, 6) is -2.69. The molecule has 240 valence electrons. The predicted molar refractivity (Wildman–Crippen MR) is 173 cm³/mol. The Balaban J connectivity index is 1.57. The van der Waals surface area contributed by atoms with Crippen LogP contribution in [-0.4, -0.2) is 68.8 Å². The third kappa shape index (κ3) is 10.3. The van der Waals surface area contributed by atoms with Gasteiger partial charge in [0.2, 0.25) is 15.6 Å². The van der Waals surface area contributed by atoms with Gasteiger partial charge in [-0.3, -0.25) is 29.2 Å². The molecule has 13 heteroatoms. The number of amides is 3. The van der Waals surface area contributed by atoms with Gasteiger partial charge < -0.3 is 15.4 Å². The summed E-state index contributed by atoms with van der Waals surface area (Å²) in [6.07, 6.45) is 5.44. The van der Waals surface area contributed by atoms with E-state index in [0.717, 1.165) is 28.6 Å². The van der Waals surface area contributed by atoms with Crippen molar-refractivity contribution in [3.63, 3.8) is 0 Å². The highest BCUT2D eigenvalue weighted by atomic mass is 35.6. The SMILES string of the molecule is CCc1ccc2ccc(/C=C/C(C)C(=O)NC(C(=O)NC(C)C(=O)N3CCCC(C(=O)OCC(Cl)(Cl)Cl)N3)C(C)C)cc2n1. The lowest BCUT2D eigenvalue weighted by Crippen LogP contribution is -2.61. The Morgan fingerprint density at radius 1 is 1.09 bits per heavy atom. The summed E-state index contributed by atoms with van der Waals surface area (Å²) in [7, 11) is 0. The van der Waals surface area contributed by atoms with Gasteiger partial charge in [-0.05, 0) is 49.8 Å². The molecule has 4 unspecified atom stereocenters. The molecule has 4 atom stereocenters. The van der Waals surface area contributed by atoms with Crippen molar-refractivity contribution in [2.24, 2.45) is 11.8 Å². The van der Waals surface area contributed by atoms with Gasteiger partial charge in [0, 0.05) is 17.6 Å². The van der Waals surface area contributed by atoms with Crippen LogP contribution in [0.25, 0.3) is 17.0 Å². The van der Waals surface area contributed by atoms with E-state index in [1.54, 1.807) is 19.9 Å². The lowest BCUT2D eigenvalue weighted by atomic mass is 10.0. The molecule has 0 spiro atoms. The number of carbonyl (C=O) groups is 4. The summed E-state index contributed by atoms with van der Waals surface area (Å²) in [5.41, 5.74) is 5.64. The minimum absolute atomic E-state index is 0.248. The number of nitrogens with one attached hydrogen (secondary N) is 3. The molecule has 2 heterocycles. The van der Waals surface area contributed by atoms with Crippen LogP contribution in [0.15, 0.2) is 36.4 Å². The fourth-order valence-corrected chi connectivity index (χ4v) is 4.77. The van der Waals surface area contributed by atoms with Crippen LogP contribution in [0, 0.1) is 11.8 Å². The molecule has 1 fully saturated rings. The molecule has 1 aromatic carbocycles. The molecule has 3 amide bonds. The van der Waals surface area contributed by atoms with Crippen LogP contribution in [0.2, 0.25) is 0 Å². The van der Waals surface area contributed by atoms with Crippen molar-refractivity contribution < 1.29 is 23.9 Å². The average Bonchev–Trinajstić information content (AvgIpc) is 2.99. The number of aryl methyl sites for hydroxylation is 1. The molecule has 0 bridgehead atoms. The number of alkyl halides is 3. The Kier molecular flexibility index (Phi) is 12.8. The van der Waals surface area contributed by atoms with E-state index in [1.165, 1.54) is 5.01 Å². The van der Waals surface area contributed by atoms with E-state index in [9.17, 15) is 19.2 Å². The molecule has 1 aromatic heterocycles. The second-order valence-electron chi connectivity index (χ2n) is 11.3. The Hall–Kier alpha value is -2.92. The quantitative estimate of drug-likeness (QED) is 0.238. The lowest BCUT2D eigenvalue weighted by molar-refractivity contribution is -0.152. The Morgan fingerprint density at radius 2 is 1.80 bits per heavy atom. The van der Waals surface area contributed by atoms with E-state index < -0.39 is 52.2 Å². The summed E-state index contributed by atoms with van der Waals surface area (Å²) in [4.78, 5) is 56.4. The third-order valence-corrected chi connectivity index (χ3v) is 7.55. The van der Waals surface area contributed by atoms with E-state index in [4.69, 9.17) is 39.5 Å². The van der Waals surface area contributed by atoms with Gasteiger partial charge >= 0.3 is 5.97 Å². The Bertz CT molecular complexity index is 1380. The molecule has 0 saturated carbocycles. The van der Waals surface area contributed by atoms with Crippen LogP contribution in [0.4, 0.5) is 0 Å². The van der Waals surface area contributed by atoms with Gasteiger partial charge in [-0.25, -0.2) is 5.43 Å². The number of hydrazine groups is 1. The lowest BCUT2D eigenvalue weighted by Gasteiger charge is -2.34. The molecular weight excluding hydrogens is 629 g/mol. The molecule has 1 aliphatic rings. The Morgan fingerprint density at radius 3 is 2.45 bits per heavy atom. The maximum atomic E-state index is 13.2. The molecule has 1 saturated heterocycles. The molecule has 3 N–H and O–H groups in total. The number of rotatable bonds is 11. The number of ether oxygens (including phenoxy) is 1. The van der Waals surface area contributed by atoms with Gasteiger partial charge in [-0.15, -0.1) is 0 Å². The Labute approximate surface area is 273 Å². The van der Waals surface area contributed by atoms with Crippen LogP contribution < -0.4 is 16.1 Å². The third-order valence-electron chi connectivity index (χ3n) is 7.22. The molecule has 0 aliphatic carbocycles. The largest absolute Gasteiger partial charge is 0.460 e. The number of esters is 1. The number of hydrogen-bond acceptors (Lipinski definition) is 7. The van der Waals surface area contributed by atoms with Crippen LogP contribution in [0.5, 0.6) is 0 Å². The number of pyridine rings is 1. The number of halogens is 3. The minimum Gasteiger partial charge on any atom is -0.460 e. The maximum Gasteiger partial charge on any atom is 0.325 e.